The van der Waals surface area contributed by atoms with Crippen molar-refractivity contribution in [3.05, 3.63) is 28.0 Å². The summed E-state index contributed by atoms with van der Waals surface area (Å²) in [6, 6.07) is 2.29. The van der Waals surface area contributed by atoms with Gasteiger partial charge in [0.25, 0.3) is 0 Å². The molecular formula is C8H5Cl2F2NO2. The Bertz CT molecular complexity index is 378. The second kappa shape index (κ2) is 4.28. The number of aromatic nitrogens is 1. The zero-order valence-electron chi connectivity index (χ0n) is 7.18. The fourth-order valence-electron chi connectivity index (χ4n) is 0.948. The second-order valence-electron chi connectivity index (χ2n) is 2.81. The van der Waals surface area contributed by atoms with Crippen molar-refractivity contribution >= 4 is 29.2 Å². The molecule has 0 amide bonds. The lowest BCUT2D eigenvalue weighted by atomic mass is 10.1. The van der Waals surface area contributed by atoms with Gasteiger partial charge in [0.15, 0.2) is 0 Å². The van der Waals surface area contributed by atoms with Crippen molar-refractivity contribution in [3.63, 3.8) is 0 Å². The predicted octanol–water partition coefficient (Wildman–Crippen LogP) is 2.65. The highest BCUT2D eigenvalue weighted by atomic mass is 35.5. The number of aliphatic carboxylic acids is 1. The molecule has 1 rings (SSSR count). The van der Waals surface area contributed by atoms with Gasteiger partial charge in [-0.3, -0.25) is 0 Å². The zero-order valence-corrected chi connectivity index (χ0v) is 8.69. The standard InChI is InChI=1S/C8H5Cl2F2NO2/c9-5-1-4(2-6(10)13-5)3-8(11,12)7(14)15/h1-2H,3H2,(H,14,15). The molecule has 0 radical (unpaired) electrons. The molecule has 0 bridgehead atoms. The summed E-state index contributed by atoms with van der Waals surface area (Å²) in [6.45, 7) is 0. The smallest absolute Gasteiger partial charge is 0.374 e. The number of carboxylic acids is 1. The summed E-state index contributed by atoms with van der Waals surface area (Å²) in [5.74, 6) is -6.03. The van der Waals surface area contributed by atoms with E-state index in [9.17, 15) is 13.6 Å². The van der Waals surface area contributed by atoms with Crippen LogP contribution >= 0.6 is 23.2 Å². The summed E-state index contributed by atoms with van der Waals surface area (Å²) in [4.78, 5) is 13.7. The Morgan fingerprint density at radius 1 is 1.40 bits per heavy atom. The summed E-state index contributed by atoms with van der Waals surface area (Å²) in [5, 5.41) is 8.10. The van der Waals surface area contributed by atoms with Crippen molar-refractivity contribution < 1.29 is 18.7 Å². The van der Waals surface area contributed by atoms with Crippen molar-refractivity contribution in [3.8, 4) is 0 Å². The molecule has 1 aromatic rings. The minimum Gasteiger partial charge on any atom is -0.477 e. The highest BCUT2D eigenvalue weighted by molar-refractivity contribution is 6.32. The quantitative estimate of drug-likeness (QED) is 0.845. The van der Waals surface area contributed by atoms with Gasteiger partial charge in [0.05, 0.1) is 0 Å². The minimum atomic E-state index is -3.84. The van der Waals surface area contributed by atoms with E-state index in [0.717, 1.165) is 12.1 Å². The molecule has 1 N–H and O–H groups in total. The van der Waals surface area contributed by atoms with Gasteiger partial charge in [-0.1, -0.05) is 23.2 Å². The molecule has 82 valence electrons. The van der Waals surface area contributed by atoms with E-state index in [2.05, 4.69) is 4.98 Å². The molecule has 15 heavy (non-hydrogen) atoms. The van der Waals surface area contributed by atoms with Crippen LogP contribution in [0.4, 0.5) is 8.78 Å². The third-order valence-electron chi connectivity index (χ3n) is 1.56. The second-order valence-corrected chi connectivity index (χ2v) is 3.58. The molecular weight excluding hydrogens is 251 g/mol. The van der Waals surface area contributed by atoms with Crippen molar-refractivity contribution in [2.24, 2.45) is 0 Å². The van der Waals surface area contributed by atoms with E-state index < -0.39 is 18.3 Å². The first-order valence-electron chi connectivity index (χ1n) is 3.74. The number of hydrogen-bond donors (Lipinski definition) is 1. The first kappa shape index (κ1) is 12.1. The van der Waals surface area contributed by atoms with Gasteiger partial charge in [-0.2, -0.15) is 8.78 Å². The van der Waals surface area contributed by atoms with Gasteiger partial charge < -0.3 is 5.11 Å². The molecule has 0 aliphatic carbocycles. The number of nitrogens with zero attached hydrogens (tertiary/aromatic N) is 1. The van der Waals surface area contributed by atoms with Crippen LogP contribution in [0.1, 0.15) is 5.56 Å². The maximum Gasteiger partial charge on any atom is 0.374 e. The highest BCUT2D eigenvalue weighted by Gasteiger charge is 2.38. The number of hydrogen-bond acceptors (Lipinski definition) is 2. The number of rotatable bonds is 3. The first-order chi connectivity index (χ1) is 6.81. The highest BCUT2D eigenvalue weighted by Crippen LogP contribution is 2.23. The van der Waals surface area contributed by atoms with Gasteiger partial charge in [-0.15, -0.1) is 0 Å². The van der Waals surface area contributed by atoms with Crippen LogP contribution in [0.2, 0.25) is 10.3 Å². The van der Waals surface area contributed by atoms with Crippen molar-refractivity contribution in [1.82, 2.24) is 4.98 Å². The van der Waals surface area contributed by atoms with Gasteiger partial charge in [0.2, 0.25) is 0 Å². The first-order valence-corrected chi connectivity index (χ1v) is 4.50. The summed E-state index contributed by atoms with van der Waals surface area (Å²) in [7, 11) is 0. The monoisotopic (exact) mass is 255 g/mol. The molecule has 0 atom stereocenters. The topological polar surface area (TPSA) is 50.2 Å². The van der Waals surface area contributed by atoms with Crippen LogP contribution in [0.25, 0.3) is 0 Å². The number of alkyl halides is 2. The molecule has 0 fully saturated rings. The van der Waals surface area contributed by atoms with E-state index in [1.165, 1.54) is 0 Å². The molecule has 0 spiro atoms. The molecule has 0 saturated carbocycles. The molecule has 1 heterocycles. The number of halogens is 4. The van der Waals surface area contributed by atoms with E-state index in [1.807, 2.05) is 0 Å². The summed E-state index contributed by atoms with van der Waals surface area (Å²) in [6.07, 6.45) is -0.968. The largest absolute Gasteiger partial charge is 0.477 e. The average molecular weight is 256 g/mol. The van der Waals surface area contributed by atoms with Gasteiger partial charge in [0, 0.05) is 6.42 Å². The predicted molar refractivity (Wildman–Crippen MR) is 50.5 cm³/mol. The van der Waals surface area contributed by atoms with Crippen LogP contribution in [0.5, 0.6) is 0 Å². The molecule has 7 heteroatoms. The Morgan fingerprint density at radius 3 is 2.27 bits per heavy atom. The SMILES string of the molecule is O=C(O)C(F)(F)Cc1cc(Cl)nc(Cl)c1. The van der Waals surface area contributed by atoms with Gasteiger partial charge in [-0.05, 0) is 17.7 Å². The van der Waals surface area contributed by atoms with Crippen LogP contribution < -0.4 is 0 Å². The lowest BCUT2D eigenvalue weighted by molar-refractivity contribution is -0.164. The van der Waals surface area contributed by atoms with E-state index >= 15 is 0 Å². The van der Waals surface area contributed by atoms with E-state index in [1.54, 1.807) is 0 Å². The van der Waals surface area contributed by atoms with Gasteiger partial charge >= 0.3 is 11.9 Å². The summed E-state index contributed by atoms with van der Waals surface area (Å²) in [5.41, 5.74) is 0.0207. The Morgan fingerprint density at radius 2 is 1.87 bits per heavy atom. The number of pyridine rings is 1. The van der Waals surface area contributed by atoms with Gasteiger partial charge in [-0.25, -0.2) is 9.78 Å². The Labute approximate surface area is 93.6 Å². The Hall–Kier alpha value is -0.940. The van der Waals surface area contributed by atoms with Crippen LogP contribution in [0.3, 0.4) is 0 Å². The Kier molecular flexibility index (Phi) is 3.46. The summed E-state index contributed by atoms with van der Waals surface area (Å²) < 4.78 is 25.6. The molecule has 0 unspecified atom stereocenters. The molecule has 1 aromatic heterocycles. The minimum absolute atomic E-state index is 0.0207. The van der Waals surface area contributed by atoms with E-state index in [0.29, 0.717) is 0 Å². The lowest BCUT2D eigenvalue weighted by Gasteiger charge is -2.10. The third kappa shape index (κ3) is 3.28. The fourth-order valence-corrected chi connectivity index (χ4v) is 1.45. The van der Waals surface area contributed by atoms with Crippen LogP contribution in [-0.4, -0.2) is 22.0 Å². The average Bonchev–Trinajstić information content (AvgIpc) is 1.99. The van der Waals surface area contributed by atoms with Crippen LogP contribution in [-0.2, 0) is 11.2 Å². The zero-order chi connectivity index (χ0) is 11.6. The summed E-state index contributed by atoms with van der Waals surface area (Å²) >= 11 is 10.9. The van der Waals surface area contributed by atoms with Gasteiger partial charge in [0.1, 0.15) is 10.3 Å². The van der Waals surface area contributed by atoms with E-state index in [-0.39, 0.29) is 15.9 Å². The Balaban J connectivity index is 2.94. The van der Waals surface area contributed by atoms with E-state index in [4.69, 9.17) is 28.3 Å². The lowest BCUT2D eigenvalue weighted by Crippen LogP contribution is -2.30. The molecule has 3 nitrogen and oxygen atoms in total. The molecule has 0 saturated heterocycles. The molecule has 0 aliphatic rings. The van der Waals surface area contributed by atoms with Crippen molar-refractivity contribution in [2.45, 2.75) is 12.3 Å². The number of carboxylic acid groups (broad SMARTS) is 1. The third-order valence-corrected chi connectivity index (χ3v) is 1.95. The normalized spacial score (nSPS) is 11.5. The maximum absolute atomic E-state index is 12.8. The van der Waals surface area contributed by atoms with Crippen molar-refractivity contribution in [2.75, 3.05) is 0 Å². The number of carbonyl (C=O) groups is 1. The maximum atomic E-state index is 12.8. The molecule has 0 aromatic carbocycles. The van der Waals surface area contributed by atoms with Crippen LogP contribution in [0.15, 0.2) is 12.1 Å². The van der Waals surface area contributed by atoms with Crippen molar-refractivity contribution in [1.29, 1.82) is 0 Å². The van der Waals surface area contributed by atoms with Crippen LogP contribution in [0, 0.1) is 0 Å². The molecule has 0 aliphatic heterocycles. The fraction of sp³-hybridized carbons (Fsp3) is 0.250.